The minimum absolute atomic E-state index is 0.169. The van der Waals surface area contributed by atoms with Crippen molar-refractivity contribution in [3.8, 4) is 0 Å². The lowest BCUT2D eigenvalue weighted by Gasteiger charge is -2.31. The van der Waals surface area contributed by atoms with Crippen LogP contribution in [0, 0.1) is 6.92 Å². The maximum atomic E-state index is 11.9. The molecule has 2 rings (SSSR count). The fraction of sp³-hybridized carbons (Fsp3) is 0.667. The van der Waals surface area contributed by atoms with Gasteiger partial charge in [-0.1, -0.05) is 0 Å². The van der Waals surface area contributed by atoms with E-state index in [0.29, 0.717) is 13.1 Å². The smallest absolute Gasteiger partial charge is 0.213 e. The molecule has 1 aromatic rings. The van der Waals surface area contributed by atoms with Gasteiger partial charge in [-0.3, -0.25) is 0 Å². The van der Waals surface area contributed by atoms with E-state index in [1.807, 2.05) is 13.0 Å². The molecule has 0 radical (unpaired) electrons. The molecule has 2 heterocycles. The molecule has 0 amide bonds. The summed E-state index contributed by atoms with van der Waals surface area (Å²) in [6, 6.07) is 1.89. The average Bonchev–Trinajstić information content (AvgIpc) is 2.39. The molecule has 5 nitrogen and oxygen atoms in total. The SMILES string of the molecule is CCS(=O)(=O)N1CCC[C@H](c2ccnc(C)n2)C1. The van der Waals surface area contributed by atoms with Crippen LogP contribution in [0.4, 0.5) is 0 Å². The number of hydrogen-bond acceptors (Lipinski definition) is 4. The monoisotopic (exact) mass is 269 g/mol. The summed E-state index contributed by atoms with van der Waals surface area (Å²) < 4.78 is 25.4. The zero-order valence-electron chi connectivity index (χ0n) is 10.8. The van der Waals surface area contributed by atoms with E-state index in [1.165, 1.54) is 0 Å². The van der Waals surface area contributed by atoms with E-state index in [4.69, 9.17) is 0 Å². The van der Waals surface area contributed by atoms with Crippen molar-refractivity contribution < 1.29 is 8.42 Å². The van der Waals surface area contributed by atoms with Crippen LogP contribution in [0.25, 0.3) is 0 Å². The molecule has 0 spiro atoms. The average molecular weight is 269 g/mol. The van der Waals surface area contributed by atoms with Crippen LogP contribution in [0.15, 0.2) is 12.3 Å². The van der Waals surface area contributed by atoms with Gasteiger partial charge in [0.25, 0.3) is 0 Å². The van der Waals surface area contributed by atoms with E-state index >= 15 is 0 Å². The third kappa shape index (κ3) is 2.87. The van der Waals surface area contributed by atoms with Gasteiger partial charge in [-0.2, -0.15) is 0 Å². The fourth-order valence-corrected chi connectivity index (χ4v) is 3.50. The molecule has 100 valence electrons. The molecule has 1 atom stereocenters. The van der Waals surface area contributed by atoms with Crippen LogP contribution < -0.4 is 0 Å². The summed E-state index contributed by atoms with van der Waals surface area (Å²) in [5, 5.41) is 0. The van der Waals surface area contributed by atoms with Crippen LogP contribution in [0.3, 0.4) is 0 Å². The molecule has 0 bridgehead atoms. The molecule has 6 heteroatoms. The highest BCUT2D eigenvalue weighted by molar-refractivity contribution is 7.89. The number of nitrogens with zero attached hydrogens (tertiary/aromatic N) is 3. The number of hydrogen-bond donors (Lipinski definition) is 0. The highest BCUT2D eigenvalue weighted by Crippen LogP contribution is 2.26. The molecule has 1 aromatic heterocycles. The Morgan fingerprint density at radius 1 is 1.50 bits per heavy atom. The van der Waals surface area contributed by atoms with Crippen LogP contribution in [-0.4, -0.2) is 41.5 Å². The Bertz CT molecular complexity index is 516. The predicted octanol–water partition coefficient (Wildman–Crippen LogP) is 1.31. The van der Waals surface area contributed by atoms with E-state index in [-0.39, 0.29) is 11.7 Å². The molecule has 0 aromatic carbocycles. The first-order chi connectivity index (χ1) is 8.53. The summed E-state index contributed by atoms with van der Waals surface area (Å²) in [5.74, 6) is 1.10. The molecule has 1 aliphatic rings. The van der Waals surface area contributed by atoms with Gasteiger partial charge in [0.1, 0.15) is 5.82 Å². The molecular weight excluding hydrogens is 250 g/mol. The Hall–Kier alpha value is -1.01. The number of aromatic nitrogens is 2. The fourth-order valence-electron chi connectivity index (χ4n) is 2.32. The second-order valence-corrected chi connectivity index (χ2v) is 6.88. The van der Waals surface area contributed by atoms with Crippen molar-refractivity contribution in [2.45, 2.75) is 32.6 Å². The maximum absolute atomic E-state index is 11.9. The first-order valence-electron chi connectivity index (χ1n) is 6.30. The van der Waals surface area contributed by atoms with E-state index in [9.17, 15) is 8.42 Å². The predicted molar refractivity (Wildman–Crippen MR) is 69.8 cm³/mol. The second-order valence-electron chi connectivity index (χ2n) is 4.63. The lowest BCUT2D eigenvalue weighted by molar-refractivity contribution is 0.312. The Morgan fingerprint density at radius 2 is 2.28 bits per heavy atom. The molecular formula is C12H19N3O2S. The van der Waals surface area contributed by atoms with E-state index < -0.39 is 10.0 Å². The van der Waals surface area contributed by atoms with Gasteiger partial charge in [-0.15, -0.1) is 0 Å². The van der Waals surface area contributed by atoms with Crippen molar-refractivity contribution in [3.63, 3.8) is 0 Å². The lowest BCUT2D eigenvalue weighted by Crippen LogP contribution is -2.40. The summed E-state index contributed by atoms with van der Waals surface area (Å²) in [4.78, 5) is 8.48. The first-order valence-corrected chi connectivity index (χ1v) is 7.91. The normalized spacial score (nSPS) is 22.0. The summed E-state index contributed by atoms with van der Waals surface area (Å²) in [7, 11) is -3.08. The molecule has 0 aliphatic carbocycles. The van der Waals surface area contributed by atoms with Gasteiger partial charge in [-0.05, 0) is 32.8 Å². The lowest BCUT2D eigenvalue weighted by atomic mass is 9.96. The standard InChI is InChI=1S/C12H19N3O2S/c1-3-18(16,17)15-8-4-5-11(9-15)12-6-7-13-10(2)14-12/h6-7,11H,3-5,8-9H2,1-2H3/t11-/m0/s1. The Balaban J connectivity index is 2.17. The Kier molecular flexibility index (Phi) is 3.97. The number of aryl methyl sites for hydroxylation is 1. The summed E-state index contributed by atoms with van der Waals surface area (Å²) in [6.07, 6.45) is 3.63. The molecule has 0 unspecified atom stereocenters. The van der Waals surface area contributed by atoms with Crippen molar-refractivity contribution in [1.29, 1.82) is 0 Å². The van der Waals surface area contributed by atoms with Gasteiger partial charge in [0.15, 0.2) is 0 Å². The molecule has 0 saturated carbocycles. The van der Waals surface area contributed by atoms with Crippen LogP contribution in [-0.2, 0) is 10.0 Å². The minimum atomic E-state index is -3.08. The van der Waals surface area contributed by atoms with E-state index in [2.05, 4.69) is 9.97 Å². The van der Waals surface area contributed by atoms with Gasteiger partial charge in [0.05, 0.1) is 5.75 Å². The van der Waals surface area contributed by atoms with Crippen molar-refractivity contribution in [2.24, 2.45) is 0 Å². The number of sulfonamides is 1. The zero-order chi connectivity index (χ0) is 13.2. The highest BCUT2D eigenvalue weighted by atomic mass is 32.2. The largest absolute Gasteiger partial charge is 0.242 e. The summed E-state index contributed by atoms with van der Waals surface area (Å²) in [6.45, 7) is 4.73. The van der Waals surface area contributed by atoms with Crippen LogP contribution in [0.2, 0.25) is 0 Å². The molecule has 0 N–H and O–H groups in total. The van der Waals surface area contributed by atoms with Crippen molar-refractivity contribution in [3.05, 3.63) is 23.8 Å². The van der Waals surface area contributed by atoms with Gasteiger partial charge >= 0.3 is 0 Å². The second kappa shape index (κ2) is 5.32. The summed E-state index contributed by atoms with van der Waals surface area (Å²) >= 11 is 0. The van der Waals surface area contributed by atoms with Gasteiger partial charge < -0.3 is 0 Å². The minimum Gasteiger partial charge on any atom is -0.242 e. The van der Waals surface area contributed by atoms with Gasteiger partial charge in [-0.25, -0.2) is 22.7 Å². The van der Waals surface area contributed by atoms with Crippen LogP contribution in [0.5, 0.6) is 0 Å². The Morgan fingerprint density at radius 3 is 2.94 bits per heavy atom. The number of piperidine rings is 1. The van der Waals surface area contributed by atoms with Crippen LogP contribution in [0.1, 0.15) is 37.2 Å². The molecule has 1 fully saturated rings. The van der Waals surface area contributed by atoms with Crippen molar-refractivity contribution in [1.82, 2.24) is 14.3 Å². The van der Waals surface area contributed by atoms with Crippen molar-refractivity contribution in [2.75, 3.05) is 18.8 Å². The molecule has 1 saturated heterocycles. The Labute approximate surface area is 108 Å². The zero-order valence-corrected chi connectivity index (χ0v) is 11.7. The van der Waals surface area contributed by atoms with E-state index in [1.54, 1.807) is 17.4 Å². The third-order valence-electron chi connectivity index (χ3n) is 3.36. The van der Waals surface area contributed by atoms with E-state index in [0.717, 1.165) is 24.4 Å². The highest BCUT2D eigenvalue weighted by Gasteiger charge is 2.29. The van der Waals surface area contributed by atoms with Gasteiger partial charge in [0, 0.05) is 30.9 Å². The first kappa shape index (κ1) is 13.4. The van der Waals surface area contributed by atoms with Gasteiger partial charge in [0.2, 0.25) is 10.0 Å². The van der Waals surface area contributed by atoms with Crippen molar-refractivity contribution >= 4 is 10.0 Å². The maximum Gasteiger partial charge on any atom is 0.213 e. The quantitative estimate of drug-likeness (QED) is 0.830. The third-order valence-corrected chi connectivity index (χ3v) is 5.21. The van der Waals surface area contributed by atoms with Crippen LogP contribution >= 0.6 is 0 Å². The molecule has 1 aliphatic heterocycles. The summed E-state index contributed by atoms with van der Waals surface area (Å²) in [5.41, 5.74) is 0.957. The topological polar surface area (TPSA) is 63.2 Å². The number of rotatable bonds is 3. The molecule has 18 heavy (non-hydrogen) atoms.